The summed E-state index contributed by atoms with van der Waals surface area (Å²) < 4.78 is 0. The van der Waals surface area contributed by atoms with E-state index in [0.29, 0.717) is 23.4 Å². The standard InChI is InChI=1S/C19H20N2OS/c22-18(21-17(13-8-9-13)14-10-11-14)16-7-4-12-20-19(16)23-15-5-2-1-3-6-15/h1-7,12-14,17H,8-11H2,(H,21,22). The number of hydrogen-bond acceptors (Lipinski definition) is 3. The first-order valence-corrected chi connectivity index (χ1v) is 9.12. The maximum Gasteiger partial charge on any atom is 0.254 e. The molecule has 0 radical (unpaired) electrons. The third kappa shape index (κ3) is 3.58. The zero-order chi connectivity index (χ0) is 15.6. The molecule has 1 aromatic heterocycles. The van der Waals surface area contributed by atoms with Gasteiger partial charge in [-0.2, -0.15) is 0 Å². The Morgan fingerprint density at radius 3 is 2.39 bits per heavy atom. The van der Waals surface area contributed by atoms with Crippen molar-refractivity contribution in [1.29, 1.82) is 0 Å². The predicted octanol–water partition coefficient (Wildman–Crippen LogP) is 4.15. The highest BCUT2D eigenvalue weighted by Gasteiger charge is 2.42. The third-order valence-electron chi connectivity index (χ3n) is 4.53. The van der Waals surface area contributed by atoms with Crippen LogP contribution in [-0.4, -0.2) is 16.9 Å². The van der Waals surface area contributed by atoms with Crippen molar-refractivity contribution in [2.75, 3.05) is 0 Å². The minimum absolute atomic E-state index is 0.0281. The molecular formula is C19H20N2OS. The molecule has 2 aromatic rings. The minimum atomic E-state index is 0.0281. The van der Waals surface area contributed by atoms with Crippen LogP contribution in [-0.2, 0) is 0 Å². The number of nitrogens with zero attached hydrogens (tertiary/aromatic N) is 1. The highest BCUT2D eigenvalue weighted by atomic mass is 32.2. The van der Waals surface area contributed by atoms with E-state index in [1.54, 1.807) is 18.0 Å². The van der Waals surface area contributed by atoms with Gasteiger partial charge in [-0.3, -0.25) is 4.79 Å². The van der Waals surface area contributed by atoms with E-state index in [4.69, 9.17) is 0 Å². The number of amides is 1. The average molecular weight is 324 g/mol. The van der Waals surface area contributed by atoms with Gasteiger partial charge in [0.15, 0.2) is 0 Å². The normalized spacial score (nSPS) is 17.3. The lowest BCUT2D eigenvalue weighted by atomic mass is 10.1. The van der Waals surface area contributed by atoms with Crippen LogP contribution < -0.4 is 5.32 Å². The first-order valence-electron chi connectivity index (χ1n) is 8.30. The summed E-state index contributed by atoms with van der Waals surface area (Å²) in [6.45, 7) is 0. The van der Waals surface area contributed by atoms with Crippen molar-refractivity contribution in [3.05, 3.63) is 54.2 Å². The van der Waals surface area contributed by atoms with Crippen LogP contribution in [0.3, 0.4) is 0 Å². The van der Waals surface area contributed by atoms with Crippen LogP contribution in [0, 0.1) is 11.8 Å². The molecule has 0 atom stereocenters. The van der Waals surface area contributed by atoms with Crippen molar-refractivity contribution in [2.45, 2.75) is 41.6 Å². The number of carbonyl (C=O) groups is 1. The monoisotopic (exact) mass is 324 g/mol. The second-order valence-electron chi connectivity index (χ2n) is 6.45. The highest BCUT2D eigenvalue weighted by Crippen LogP contribution is 2.44. The Morgan fingerprint density at radius 2 is 1.74 bits per heavy atom. The minimum Gasteiger partial charge on any atom is -0.349 e. The number of rotatable bonds is 6. The molecule has 0 aliphatic heterocycles. The van der Waals surface area contributed by atoms with Gasteiger partial charge in [-0.05, 0) is 61.8 Å². The SMILES string of the molecule is O=C(NC(C1CC1)C1CC1)c1cccnc1Sc1ccccc1. The van der Waals surface area contributed by atoms with Crippen molar-refractivity contribution < 1.29 is 4.79 Å². The average Bonchev–Trinajstić information content (AvgIpc) is 3.48. The Balaban J connectivity index is 1.52. The van der Waals surface area contributed by atoms with E-state index < -0.39 is 0 Å². The molecule has 4 rings (SSSR count). The summed E-state index contributed by atoms with van der Waals surface area (Å²) in [7, 11) is 0. The summed E-state index contributed by atoms with van der Waals surface area (Å²) in [5.41, 5.74) is 0.688. The fourth-order valence-corrected chi connectivity index (χ4v) is 3.91. The molecule has 4 heteroatoms. The van der Waals surface area contributed by atoms with Crippen LogP contribution in [0.4, 0.5) is 0 Å². The zero-order valence-electron chi connectivity index (χ0n) is 12.9. The van der Waals surface area contributed by atoms with Crippen molar-refractivity contribution in [2.24, 2.45) is 11.8 Å². The Bertz CT molecular complexity index is 684. The molecule has 0 unspecified atom stereocenters. The summed E-state index contributed by atoms with van der Waals surface area (Å²) in [5.74, 6) is 1.43. The van der Waals surface area contributed by atoms with Crippen LogP contribution in [0.2, 0.25) is 0 Å². The first-order chi connectivity index (χ1) is 11.3. The number of carbonyl (C=O) groups excluding carboxylic acids is 1. The van der Waals surface area contributed by atoms with Crippen molar-refractivity contribution in [3.63, 3.8) is 0 Å². The molecule has 1 amide bonds. The van der Waals surface area contributed by atoms with Gasteiger partial charge in [-0.25, -0.2) is 4.98 Å². The Kier molecular flexibility index (Phi) is 4.08. The lowest BCUT2D eigenvalue weighted by Gasteiger charge is -2.18. The Hall–Kier alpha value is -1.81. The zero-order valence-corrected chi connectivity index (χ0v) is 13.8. The number of nitrogens with one attached hydrogen (secondary N) is 1. The third-order valence-corrected chi connectivity index (χ3v) is 5.56. The van der Waals surface area contributed by atoms with E-state index in [1.807, 2.05) is 42.5 Å². The van der Waals surface area contributed by atoms with Gasteiger partial charge in [0.05, 0.1) is 5.56 Å². The van der Waals surface area contributed by atoms with Crippen LogP contribution in [0.15, 0.2) is 58.6 Å². The maximum atomic E-state index is 12.8. The van der Waals surface area contributed by atoms with E-state index in [1.165, 1.54) is 25.7 Å². The van der Waals surface area contributed by atoms with Gasteiger partial charge >= 0.3 is 0 Å². The summed E-state index contributed by atoms with van der Waals surface area (Å²) in [4.78, 5) is 18.3. The molecule has 0 saturated heterocycles. The summed E-state index contributed by atoms with van der Waals surface area (Å²) in [6.07, 6.45) is 6.81. The molecule has 1 N–H and O–H groups in total. The molecule has 2 aliphatic rings. The lowest BCUT2D eigenvalue weighted by molar-refractivity contribution is 0.0922. The Morgan fingerprint density at radius 1 is 1.04 bits per heavy atom. The second-order valence-corrected chi connectivity index (χ2v) is 7.51. The van der Waals surface area contributed by atoms with Crippen LogP contribution in [0.25, 0.3) is 0 Å². The van der Waals surface area contributed by atoms with Crippen molar-refractivity contribution in [3.8, 4) is 0 Å². The van der Waals surface area contributed by atoms with Gasteiger partial charge in [-0.15, -0.1) is 0 Å². The maximum absolute atomic E-state index is 12.8. The van der Waals surface area contributed by atoms with Gasteiger partial charge in [0.2, 0.25) is 0 Å². The van der Waals surface area contributed by atoms with E-state index in [2.05, 4.69) is 10.3 Å². The van der Waals surface area contributed by atoms with Gasteiger partial charge in [0.1, 0.15) is 5.03 Å². The van der Waals surface area contributed by atoms with E-state index in [-0.39, 0.29) is 5.91 Å². The number of pyridine rings is 1. The second kappa shape index (κ2) is 6.36. The summed E-state index contributed by atoms with van der Waals surface area (Å²) in [6, 6.07) is 14.2. The smallest absolute Gasteiger partial charge is 0.254 e. The molecule has 3 nitrogen and oxygen atoms in total. The summed E-state index contributed by atoms with van der Waals surface area (Å²) >= 11 is 1.55. The van der Waals surface area contributed by atoms with Gasteiger partial charge < -0.3 is 5.32 Å². The molecular weight excluding hydrogens is 304 g/mol. The lowest BCUT2D eigenvalue weighted by Crippen LogP contribution is -2.38. The molecule has 2 aliphatic carbocycles. The van der Waals surface area contributed by atoms with Crippen LogP contribution in [0.5, 0.6) is 0 Å². The van der Waals surface area contributed by atoms with Crippen molar-refractivity contribution >= 4 is 17.7 Å². The molecule has 1 aromatic carbocycles. The summed E-state index contributed by atoms with van der Waals surface area (Å²) in [5, 5.41) is 4.07. The van der Waals surface area contributed by atoms with Crippen LogP contribution in [0.1, 0.15) is 36.0 Å². The fraction of sp³-hybridized carbons (Fsp3) is 0.368. The van der Waals surface area contributed by atoms with Gasteiger partial charge in [0, 0.05) is 17.1 Å². The number of hydrogen-bond donors (Lipinski definition) is 1. The van der Waals surface area contributed by atoms with E-state index >= 15 is 0 Å². The first kappa shape index (κ1) is 14.8. The van der Waals surface area contributed by atoms with E-state index in [9.17, 15) is 4.79 Å². The van der Waals surface area contributed by atoms with Crippen LogP contribution >= 0.6 is 11.8 Å². The molecule has 23 heavy (non-hydrogen) atoms. The quantitative estimate of drug-likeness (QED) is 0.868. The highest BCUT2D eigenvalue weighted by molar-refractivity contribution is 7.99. The topological polar surface area (TPSA) is 42.0 Å². The van der Waals surface area contributed by atoms with Crippen molar-refractivity contribution in [1.82, 2.24) is 10.3 Å². The molecule has 2 fully saturated rings. The van der Waals surface area contributed by atoms with Gasteiger partial charge in [0.25, 0.3) is 5.91 Å². The number of benzene rings is 1. The molecule has 118 valence electrons. The molecule has 0 bridgehead atoms. The largest absolute Gasteiger partial charge is 0.349 e. The molecule has 2 saturated carbocycles. The van der Waals surface area contributed by atoms with Gasteiger partial charge in [-0.1, -0.05) is 30.0 Å². The fourth-order valence-electron chi connectivity index (χ4n) is 3.01. The Labute approximate surface area is 140 Å². The number of aromatic nitrogens is 1. The molecule has 1 heterocycles. The van der Waals surface area contributed by atoms with E-state index in [0.717, 1.165) is 9.92 Å². The predicted molar refractivity (Wildman–Crippen MR) is 91.5 cm³/mol. The molecule has 0 spiro atoms.